The van der Waals surface area contributed by atoms with E-state index in [0.717, 1.165) is 11.7 Å². The highest BCUT2D eigenvalue weighted by molar-refractivity contribution is 5.54. The highest BCUT2D eigenvalue weighted by atomic mass is 14.9. The molecule has 1 aromatic rings. The van der Waals surface area contributed by atoms with Crippen LogP contribution in [0.15, 0.2) is 24.3 Å². The standard InChI is InChI=1S/C10H14N2/c1-11-8-2-4-9(5-3-8)12-10-6-7-10/h2-5,10-12H,6-7H2,1H3. The predicted molar refractivity (Wildman–Crippen MR) is 52.6 cm³/mol. The Labute approximate surface area is 73.0 Å². The topological polar surface area (TPSA) is 24.1 Å². The van der Waals surface area contributed by atoms with Crippen molar-refractivity contribution in [3.63, 3.8) is 0 Å². The maximum atomic E-state index is 3.44. The Kier molecular flexibility index (Phi) is 1.90. The molecule has 0 bridgehead atoms. The van der Waals surface area contributed by atoms with E-state index in [4.69, 9.17) is 0 Å². The molecule has 0 heterocycles. The third-order valence-electron chi connectivity index (χ3n) is 2.12. The quantitative estimate of drug-likeness (QED) is 0.712. The molecule has 0 unspecified atom stereocenters. The summed E-state index contributed by atoms with van der Waals surface area (Å²) in [6, 6.07) is 9.15. The molecule has 2 N–H and O–H groups in total. The van der Waals surface area contributed by atoms with Gasteiger partial charge in [0.2, 0.25) is 0 Å². The minimum atomic E-state index is 0.741. The third kappa shape index (κ3) is 1.70. The van der Waals surface area contributed by atoms with E-state index in [-0.39, 0.29) is 0 Å². The molecule has 0 amide bonds. The van der Waals surface area contributed by atoms with Crippen molar-refractivity contribution in [2.45, 2.75) is 18.9 Å². The molecular weight excluding hydrogens is 148 g/mol. The van der Waals surface area contributed by atoms with Gasteiger partial charge in [-0.2, -0.15) is 0 Å². The lowest BCUT2D eigenvalue weighted by Crippen LogP contribution is -2.00. The van der Waals surface area contributed by atoms with Gasteiger partial charge in [-0.3, -0.25) is 0 Å². The van der Waals surface area contributed by atoms with Crippen LogP contribution >= 0.6 is 0 Å². The van der Waals surface area contributed by atoms with Gasteiger partial charge < -0.3 is 10.6 Å². The summed E-state index contributed by atoms with van der Waals surface area (Å²) < 4.78 is 0. The molecule has 12 heavy (non-hydrogen) atoms. The summed E-state index contributed by atoms with van der Waals surface area (Å²) in [5.74, 6) is 0. The molecule has 0 aliphatic heterocycles. The number of anilines is 2. The van der Waals surface area contributed by atoms with Crippen LogP contribution < -0.4 is 10.6 Å². The lowest BCUT2D eigenvalue weighted by molar-refractivity contribution is 1.16. The average molecular weight is 162 g/mol. The number of rotatable bonds is 3. The van der Waals surface area contributed by atoms with Crippen molar-refractivity contribution < 1.29 is 0 Å². The lowest BCUT2D eigenvalue weighted by Gasteiger charge is -2.05. The Morgan fingerprint density at radius 2 is 1.67 bits per heavy atom. The first-order chi connectivity index (χ1) is 5.88. The van der Waals surface area contributed by atoms with E-state index in [2.05, 4.69) is 34.9 Å². The number of hydrogen-bond donors (Lipinski definition) is 2. The van der Waals surface area contributed by atoms with Crippen LogP contribution in [-0.2, 0) is 0 Å². The van der Waals surface area contributed by atoms with Crippen LogP contribution in [0.4, 0.5) is 11.4 Å². The molecule has 0 atom stereocenters. The summed E-state index contributed by atoms with van der Waals surface area (Å²) in [5.41, 5.74) is 2.40. The average Bonchev–Trinajstić information content (AvgIpc) is 2.90. The summed E-state index contributed by atoms with van der Waals surface area (Å²) in [6.45, 7) is 0. The Hall–Kier alpha value is -1.18. The third-order valence-corrected chi connectivity index (χ3v) is 2.12. The van der Waals surface area contributed by atoms with E-state index >= 15 is 0 Å². The van der Waals surface area contributed by atoms with Crippen LogP contribution in [-0.4, -0.2) is 13.1 Å². The maximum absolute atomic E-state index is 3.44. The molecule has 1 saturated carbocycles. The van der Waals surface area contributed by atoms with Crippen LogP contribution in [0.2, 0.25) is 0 Å². The fraction of sp³-hybridized carbons (Fsp3) is 0.400. The van der Waals surface area contributed by atoms with Crippen molar-refractivity contribution in [2.75, 3.05) is 17.7 Å². The fourth-order valence-electron chi connectivity index (χ4n) is 1.20. The number of benzene rings is 1. The SMILES string of the molecule is CNc1ccc(NC2CC2)cc1. The van der Waals surface area contributed by atoms with Gasteiger partial charge in [0.25, 0.3) is 0 Å². The zero-order valence-electron chi connectivity index (χ0n) is 7.30. The molecule has 1 aliphatic rings. The predicted octanol–water partition coefficient (Wildman–Crippen LogP) is 2.30. The van der Waals surface area contributed by atoms with E-state index in [1.165, 1.54) is 18.5 Å². The van der Waals surface area contributed by atoms with E-state index in [1.54, 1.807) is 0 Å². The maximum Gasteiger partial charge on any atom is 0.0343 e. The van der Waals surface area contributed by atoms with Crippen molar-refractivity contribution in [3.8, 4) is 0 Å². The van der Waals surface area contributed by atoms with Gasteiger partial charge in [-0.1, -0.05) is 0 Å². The first-order valence-electron chi connectivity index (χ1n) is 4.43. The second-order valence-corrected chi connectivity index (χ2v) is 3.25. The molecule has 0 spiro atoms. The normalized spacial score (nSPS) is 15.8. The molecule has 2 heteroatoms. The minimum absolute atomic E-state index is 0.741. The van der Waals surface area contributed by atoms with Gasteiger partial charge in [-0.25, -0.2) is 0 Å². The highest BCUT2D eigenvalue weighted by Gasteiger charge is 2.20. The highest BCUT2D eigenvalue weighted by Crippen LogP contribution is 2.25. The van der Waals surface area contributed by atoms with Gasteiger partial charge in [0.1, 0.15) is 0 Å². The molecule has 0 saturated heterocycles. The summed E-state index contributed by atoms with van der Waals surface area (Å²) in [5, 5.41) is 6.53. The van der Waals surface area contributed by atoms with Crippen LogP contribution in [0, 0.1) is 0 Å². The first-order valence-corrected chi connectivity index (χ1v) is 4.43. The van der Waals surface area contributed by atoms with Crippen molar-refractivity contribution in [2.24, 2.45) is 0 Å². The summed E-state index contributed by atoms with van der Waals surface area (Å²) in [6.07, 6.45) is 2.65. The molecule has 1 aliphatic carbocycles. The monoisotopic (exact) mass is 162 g/mol. The van der Waals surface area contributed by atoms with Crippen molar-refractivity contribution in [1.82, 2.24) is 0 Å². The smallest absolute Gasteiger partial charge is 0.0343 e. The second kappa shape index (κ2) is 3.05. The number of nitrogens with one attached hydrogen (secondary N) is 2. The Morgan fingerprint density at radius 3 is 2.17 bits per heavy atom. The number of hydrogen-bond acceptors (Lipinski definition) is 2. The van der Waals surface area contributed by atoms with Crippen LogP contribution in [0.1, 0.15) is 12.8 Å². The first kappa shape index (κ1) is 7.47. The van der Waals surface area contributed by atoms with E-state index < -0.39 is 0 Å². The zero-order chi connectivity index (χ0) is 8.39. The van der Waals surface area contributed by atoms with Crippen molar-refractivity contribution in [1.29, 1.82) is 0 Å². The molecule has 2 nitrogen and oxygen atoms in total. The van der Waals surface area contributed by atoms with E-state index in [9.17, 15) is 0 Å². The Balaban J connectivity index is 2.02. The molecule has 1 fully saturated rings. The van der Waals surface area contributed by atoms with Crippen LogP contribution in [0.25, 0.3) is 0 Å². The van der Waals surface area contributed by atoms with Gasteiger partial charge in [0.05, 0.1) is 0 Å². The second-order valence-electron chi connectivity index (χ2n) is 3.25. The molecule has 0 radical (unpaired) electrons. The van der Waals surface area contributed by atoms with Gasteiger partial charge in [-0.15, -0.1) is 0 Å². The van der Waals surface area contributed by atoms with Gasteiger partial charge in [-0.05, 0) is 37.1 Å². The fourth-order valence-corrected chi connectivity index (χ4v) is 1.20. The molecule has 64 valence electrons. The van der Waals surface area contributed by atoms with Gasteiger partial charge >= 0.3 is 0 Å². The van der Waals surface area contributed by atoms with Crippen molar-refractivity contribution in [3.05, 3.63) is 24.3 Å². The van der Waals surface area contributed by atoms with Crippen LogP contribution in [0.5, 0.6) is 0 Å². The van der Waals surface area contributed by atoms with Gasteiger partial charge in [0, 0.05) is 24.5 Å². The lowest BCUT2D eigenvalue weighted by atomic mass is 10.3. The largest absolute Gasteiger partial charge is 0.388 e. The van der Waals surface area contributed by atoms with Crippen LogP contribution in [0.3, 0.4) is 0 Å². The Bertz CT molecular complexity index is 249. The zero-order valence-corrected chi connectivity index (χ0v) is 7.30. The summed E-state index contributed by atoms with van der Waals surface area (Å²) in [4.78, 5) is 0. The molecule has 1 aromatic carbocycles. The molecular formula is C10H14N2. The Morgan fingerprint density at radius 1 is 1.08 bits per heavy atom. The van der Waals surface area contributed by atoms with E-state index in [0.29, 0.717) is 0 Å². The molecule has 0 aromatic heterocycles. The van der Waals surface area contributed by atoms with Crippen molar-refractivity contribution >= 4 is 11.4 Å². The minimum Gasteiger partial charge on any atom is -0.388 e. The molecule has 2 rings (SSSR count). The van der Waals surface area contributed by atoms with E-state index in [1.807, 2.05) is 7.05 Å². The summed E-state index contributed by atoms with van der Waals surface area (Å²) in [7, 11) is 1.93. The summed E-state index contributed by atoms with van der Waals surface area (Å²) >= 11 is 0. The van der Waals surface area contributed by atoms with Gasteiger partial charge in [0.15, 0.2) is 0 Å².